The third-order valence-corrected chi connectivity index (χ3v) is 5.41. The summed E-state index contributed by atoms with van der Waals surface area (Å²) in [5.41, 5.74) is 4.00. The molecular weight excluding hydrogens is 430 g/mol. The van der Waals surface area contributed by atoms with Gasteiger partial charge in [-0.1, -0.05) is 41.5 Å². The second-order valence-electron chi connectivity index (χ2n) is 7.78. The van der Waals surface area contributed by atoms with Crippen LogP contribution < -0.4 is 14.8 Å². The second-order valence-corrected chi connectivity index (χ2v) is 7.78. The normalized spacial score (nSPS) is 11.1. The number of benzene rings is 3. The Labute approximate surface area is 196 Å². The zero-order chi connectivity index (χ0) is 23.2. The number of nitrogens with one attached hydrogen (secondary N) is 2. The van der Waals surface area contributed by atoms with Crippen LogP contribution in [0.5, 0.6) is 17.5 Å². The number of rotatable bonds is 10. The van der Waals surface area contributed by atoms with Gasteiger partial charge in [-0.05, 0) is 65.4 Å². The molecule has 0 amide bonds. The smallest absolute Gasteiger partial charge is 0.346 e. The van der Waals surface area contributed by atoms with Gasteiger partial charge < -0.3 is 19.8 Å². The average Bonchev–Trinajstić information content (AvgIpc) is 3.51. The molecule has 2 aromatic heterocycles. The molecule has 172 valence electrons. The standard InChI is InChI=1S/C25H25N7O2/c1-33-23-16-18(17-26-15-7-12-24-27-20-10-5-6-11-21(20)28-24)13-14-22(23)34-25-29-30-31-32(25)19-8-3-2-4-9-19/h2-6,8-11,13-14,16,26H,7,12,15,17H2,1H3,(H,27,28). The Kier molecular flexibility index (Phi) is 6.44. The quantitative estimate of drug-likeness (QED) is 0.306. The summed E-state index contributed by atoms with van der Waals surface area (Å²) < 4.78 is 13.1. The number of aryl methyl sites for hydroxylation is 1. The maximum Gasteiger partial charge on any atom is 0.346 e. The third-order valence-electron chi connectivity index (χ3n) is 5.41. The lowest BCUT2D eigenvalue weighted by Gasteiger charge is -2.12. The Morgan fingerprint density at radius 3 is 2.68 bits per heavy atom. The highest BCUT2D eigenvalue weighted by molar-refractivity contribution is 5.74. The summed E-state index contributed by atoms with van der Waals surface area (Å²) >= 11 is 0. The number of aromatic amines is 1. The SMILES string of the molecule is COc1cc(CNCCCc2nc3ccccc3[nH]2)ccc1Oc1nnnn1-c1ccccc1. The lowest BCUT2D eigenvalue weighted by Crippen LogP contribution is -2.15. The van der Waals surface area contributed by atoms with E-state index >= 15 is 0 Å². The Morgan fingerprint density at radius 2 is 1.82 bits per heavy atom. The molecule has 0 fully saturated rings. The van der Waals surface area contributed by atoms with Crippen molar-refractivity contribution in [2.24, 2.45) is 0 Å². The molecule has 0 atom stereocenters. The minimum atomic E-state index is 0.265. The number of H-pyrrole nitrogens is 1. The number of imidazole rings is 1. The van der Waals surface area contributed by atoms with E-state index < -0.39 is 0 Å². The summed E-state index contributed by atoms with van der Waals surface area (Å²) in [4.78, 5) is 8.00. The van der Waals surface area contributed by atoms with E-state index in [-0.39, 0.29) is 6.01 Å². The fourth-order valence-electron chi connectivity index (χ4n) is 3.72. The molecule has 0 spiro atoms. The maximum absolute atomic E-state index is 5.97. The van der Waals surface area contributed by atoms with Crippen LogP contribution in [0.25, 0.3) is 16.7 Å². The molecule has 0 bridgehead atoms. The van der Waals surface area contributed by atoms with Crippen LogP contribution in [-0.4, -0.2) is 43.8 Å². The minimum absolute atomic E-state index is 0.265. The summed E-state index contributed by atoms with van der Waals surface area (Å²) in [6.07, 6.45) is 1.88. The van der Waals surface area contributed by atoms with Crippen LogP contribution >= 0.6 is 0 Å². The highest BCUT2D eigenvalue weighted by atomic mass is 16.5. The molecule has 0 aliphatic carbocycles. The molecule has 0 saturated carbocycles. The minimum Gasteiger partial charge on any atom is -0.493 e. The molecule has 0 saturated heterocycles. The molecule has 3 aromatic carbocycles. The Bertz CT molecular complexity index is 1330. The van der Waals surface area contributed by atoms with E-state index in [0.717, 1.165) is 54.0 Å². The van der Waals surface area contributed by atoms with Gasteiger partial charge in [0.1, 0.15) is 5.82 Å². The van der Waals surface area contributed by atoms with Crippen LogP contribution in [0.2, 0.25) is 0 Å². The number of para-hydroxylation sites is 3. The number of nitrogens with zero attached hydrogens (tertiary/aromatic N) is 5. The summed E-state index contributed by atoms with van der Waals surface area (Å²) in [6.45, 7) is 1.60. The number of hydrogen-bond donors (Lipinski definition) is 2. The van der Waals surface area contributed by atoms with Crippen molar-refractivity contribution in [1.82, 2.24) is 35.5 Å². The largest absolute Gasteiger partial charge is 0.493 e. The highest BCUT2D eigenvalue weighted by Crippen LogP contribution is 2.32. The van der Waals surface area contributed by atoms with Gasteiger partial charge in [0.15, 0.2) is 11.5 Å². The topological polar surface area (TPSA) is 103 Å². The summed E-state index contributed by atoms with van der Waals surface area (Å²) in [5.74, 6) is 2.18. The van der Waals surface area contributed by atoms with Gasteiger partial charge in [0.25, 0.3) is 0 Å². The predicted molar refractivity (Wildman–Crippen MR) is 128 cm³/mol. The Hall–Kier alpha value is -4.24. The molecular formula is C25H25N7O2. The highest BCUT2D eigenvalue weighted by Gasteiger charge is 2.14. The second kappa shape index (κ2) is 10.1. The van der Waals surface area contributed by atoms with E-state index in [4.69, 9.17) is 9.47 Å². The first-order chi connectivity index (χ1) is 16.8. The van der Waals surface area contributed by atoms with E-state index in [1.165, 1.54) is 4.68 Å². The molecule has 0 unspecified atom stereocenters. The van der Waals surface area contributed by atoms with E-state index in [9.17, 15) is 0 Å². The van der Waals surface area contributed by atoms with Gasteiger partial charge in [-0.15, -0.1) is 0 Å². The zero-order valence-corrected chi connectivity index (χ0v) is 18.8. The molecule has 2 N–H and O–H groups in total. The summed E-state index contributed by atoms with van der Waals surface area (Å²) in [5, 5.41) is 15.2. The van der Waals surface area contributed by atoms with Crippen LogP contribution in [0.3, 0.4) is 0 Å². The van der Waals surface area contributed by atoms with Gasteiger partial charge in [-0.3, -0.25) is 0 Å². The van der Waals surface area contributed by atoms with Crippen molar-refractivity contribution in [3.05, 3.63) is 84.2 Å². The van der Waals surface area contributed by atoms with Crippen LogP contribution in [-0.2, 0) is 13.0 Å². The van der Waals surface area contributed by atoms with Crippen LogP contribution in [0.4, 0.5) is 0 Å². The third kappa shape index (κ3) is 4.89. The van der Waals surface area contributed by atoms with Crippen LogP contribution in [0.1, 0.15) is 17.8 Å². The first kappa shape index (κ1) is 21.6. The molecule has 9 heteroatoms. The Morgan fingerprint density at radius 1 is 0.971 bits per heavy atom. The number of methoxy groups -OCH3 is 1. The molecule has 34 heavy (non-hydrogen) atoms. The fourth-order valence-corrected chi connectivity index (χ4v) is 3.72. The van der Waals surface area contributed by atoms with Gasteiger partial charge in [0.05, 0.1) is 23.8 Å². The van der Waals surface area contributed by atoms with Crippen molar-refractivity contribution in [3.63, 3.8) is 0 Å². The lowest BCUT2D eigenvalue weighted by molar-refractivity contribution is 0.362. The molecule has 0 aliphatic heterocycles. The molecule has 2 heterocycles. The molecule has 0 radical (unpaired) electrons. The first-order valence-corrected chi connectivity index (χ1v) is 11.1. The summed E-state index contributed by atoms with van der Waals surface area (Å²) in [7, 11) is 1.62. The first-order valence-electron chi connectivity index (χ1n) is 11.1. The van der Waals surface area contributed by atoms with Gasteiger partial charge in [0, 0.05) is 13.0 Å². The van der Waals surface area contributed by atoms with Crippen molar-refractivity contribution in [2.45, 2.75) is 19.4 Å². The monoisotopic (exact) mass is 455 g/mol. The van der Waals surface area contributed by atoms with Crippen molar-refractivity contribution in [3.8, 4) is 23.2 Å². The van der Waals surface area contributed by atoms with Crippen molar-refractivity contribution in [1.29, 1.82) is 0 Å². The Balaban J connectivity index is 1.16. The zero-order valence-electron chi connectivity index (χ0n) is 18.8. The molecule has 9 nitrogen and oxygen atoms in total. The van der Waals surface area contributed by atoms with E-state index in [1.807, 2.05) is 72.8 Å². The molecule has 0 aliphatic rings. The van der Waals surface area contributed by atoms with E-state index in [1.54, 1.807) is 7.11 Å². The maximum atomic E-state index is 5.97. The summed E-state index contributed by atoms with van der Waals surface area (Å²) in [6, 6.07) is 23.8. The van der Waals surface area contributed by atoms with Crippen LogP contribution in [0, 0.1) is 0 Å². The van der Waals surface area contributed by atoms with Crippen LogP contribution in [0.15, 0.2) is 72.8 Å². The van der Waals surface area contributed by atoms with Gasteiger partial charge in [-0.25, -0.2) is 4.98 Å². The number of fused-ring (bicyclic) bond motifs is 1. The number of aromatic nitrogens is 6. The predicted octanol–water partition coefficient (Wildman–Crippen LogP) is 4.06. The van der Waals surface area contributed by atoms with Crippen molar-refractivity contribution in [2.75, 3.05) is 13.7 Å². The van der Waals surface area contributed by atoms with Gasteiger partial charge in [0.2, 0.25) is 0 Å². The lowest BCUT2D eigenvalue weighted by atomic mass is 10.2. The van der Waals surface area contributed by atoms with Gasteiger partial charge >= 0.3 is 6.01 Å². The number of ether oxygens (including phenoxy) is 2. The fraction of sp³-hybridized carbons (Fsp3) is 0.200. The van der Waals surface area contributed by atoms with Crippen molar-refractivity contribution >= 4 is 11.0 Å². The molecule has 5 aromatic rings. The van der Waals surface area contributed by atoms with E-state index in [0.29, 0.717) is 11.5 Å². The van der Waals surface area contributed by atoms with Crippen molar-refractivity contribution < 1.29 is 9.47 Å². The van der Waals surface area contributed by atoms with E-state index in [2.05, 4.69) is 30.8 Å². The number of hydrogen-bond acceptors (Lipinski definition) is 7. The number of tetrazole rings is 1. The average molecular weight is 456 g/mol. The van der Waals surface area contributed by atoms with Gasteiger partial charge in [-0.2, -0.15) is 4.68 Å². The molecule has 5 rings (SSSR count).